The van der Waals surface area contributed by atoms with Crippen molar-refractivity contribution in [3.63, 3.8) is 0 Å². The van der Waals surface area contributed by atoms with Gasteiger partial charge in [0.2, 0.25) is 0 Å². The van der Waals surface area contributed by atoms with E-state index >= 15 is 0 Å². The van der Waals surface area contributed by atoms with Gasteiger partial charge in [-0.25, -0.2) is 0 Å². The minimum Gasteiger partial charge on any atom is -0.490 e. The van der Waals surface area contributed by atoms with E-state index in [1.165, 1.54) is 0 Å². The van der Waals surface area contributed by atoms with Crippen LogP contribution in [0.3, 0.4) is 0 Å². The Labute approximate surface area is 109 Å². The van der Waals surface area contributed by atoms with Gasteiger partial charge in [0.1, 0.15) is 11.9 Å². The quantitative estimate of drug-likeness (QED) is 0.892. The zero-order valence-corrected chi connectivity index (χ0v) is 11.1. The maximum Gasteiger partial charge on any atom is 0.119 e. The van der Waals surface area contributed by atoms with Crippen LogP contribution in [0.15, 0.2) is 24.3 Å². The first kappa shape index (κ1) is 13.4. The Kier molecular flexibility index (Phi) is 4.61. The van der Waals surface area contributed by atoms with E-state index in [-0.39, 0.29) is 6.10 Å². The summed E-state index contributed by atoms with van der Waals surface area (Å²) in [5.74, 6) is 0.876. The van der Waals surface area contributed by atoms with Crippen LogP contribution in [-0.4, -0.2) is 24.4 Å². The molecule has 3 heteroatoms. The lowest BCUT2D eigenvalue weighted by molar-refractivity contribution is 0.0209. The number of benzene rings is 1. The van der Waals surface area contributed by atoms with Crippen molar-refractivity contribution in [3.05, 3.63) is 29.8 Å². The summed E-state index contributed by atoms with van der Waals surface area (Å²) in [5, 5.41) is 9.45. The molecule has 1 aromatic rings. The lowest BCUT2D eigenvalue weighted by Gasteiger charge is -2.28. The van der Waals surface area contributed by atoms with E-state index in [9.17, 15) is 5.11 Å². The molecule has 18 heavy (non-hydrogen) atoms. The lowest BCUT2D eigenvalue weighted by atomic mass is 9.95. The highest BCUT2D eigenvalue weighted by molar-refractivity contribution is 5.28. The number of rotatable bonds is 4. The average Bonchev–Trinajstić information content (AvgIpc) is 2.39. The first-order valence-electron chi connectivity index (χ1n) is 6.66. The molecule has 0 saturated heterocycles. The Hall–Kier alpha value is -1.06. The van der Waals surface area contributed by atoms with Gasteiger partial charge in [-0.3, -0.25) is 0 Å². The third kappa shape index (κ3) is 3.47. The molecule has 0 aliphatic heterocycles. The summed E-state index contributed by atoms with van der Waals surface area (Å²) in [4.78, 5) is 0. The van der Waals surface area contributed by atoms with Crippen LogP contribution in [0.25, 0.3) is 0 Å². The first-order valence-corrected chi connectivity index (χ1v) is 6.66. The SMILES string of the molecule is COC1CCCC(Oc2ccc(C(C)O)cc2)C1. The normalized spacial score (nSPS) is 25.7. The number of aliphatic hydroxyl groups is 1. The van der Waals surface area contributed by atoms with E-state index in [0.717, 1.165) is 37.0 Å². The second kappa shape index (κ2) is 6.21. The van der Waals surface area contributed by atoms with Crippen LogP contribution in [0, 0.1) is 0 Å². The second-order valence-electron chi connectivity index (χ2n) is 5.01. The molecule has 1 aliphatic rings. The van der Waals surface area contributed by atoms with Crippen LogP contribution in [0.2, 0.25) is 0 Å². The van der Waals surface area contributed by atoms with Gasteiger partial charge < -0.3 is 14.6 Å². The molecule has 0 amide bonds. The van der Waals surface area contributed by atoms with Crippen molar-refractivity contribution in [1.29, 1.82) is 0 Å². The molecule has 1 aliphatic carbocycles. The summed E-state index contributed by atoms with van der Waals surface area (Å²) in [6, 6.07) is 7.68. The molecule has 0 bridgehead atoms. The van der Waals surface area contributed by atoms with Crippen molar-refractivity contribution >= 4 is 0 Å². The Morgan fingerprint density at radius 3 is 2.44 bits per heavy atom. The van der Waals surface area contributed by atoms with Crippen LogP contribution in [0.1, 0.15) is 44.3 Å². The van der Waals surface area contributed by atoms with Gasteiger partial charge in [-0.2, -0.15) is 0 Å². The molecule has 3 atom stereocenters. The first-order chi connectivity index (χ1) is 8.69. The lowest BCUT2D eigenvalue weighted by Crippen LogP contribution is -2.29. The van der Waals surface area contributed by atoms with Crippen molar-refractivity contribution in [2.24, 2.45) is 0 Å². The molecule has 0 aromatic heterocycles. The van der Waals surface area contributed by atoms with E-state index in [1.807, 2.05) is 24.3 Å². The molecule has 3 nitrogen and oxygen atoms in total. The molecule has 100 valence electrons. The molecule has 1 saturated carbocycles. The second-order valence-corrected chi connectivity index (χ2v) is 5.01. The number of methoxy groups -OCH3 is 1. The van der Waals surface area contributed by atoms with E-state index in [1.54, 1.807) is 14.0 Å². The van der Waals surface area contributed by atoms with E-state index in [4.69, 9.17) is 9.47 Å². The number of hydrogen-bond acceptors (Lipinski definition) is 3. The average molecular weight is 250 g/mol. The number of aliphatic hydroxyl groups excluding tert-OH is 1. The highest BCUT2D eigenvalue weighted by Gasteiger charge is 2.22. The number of hydrogen-bond donors (Lipinski definition) is 1. The number of ether oxygens (including phenoxy) is 2. The molecule has 1 aromatic carbocycles. The summed E-state index contributed by atoms with van der Waals surface area (Å²) in [6.45, 7) is 1.76. The van der Waals surface area contributed by atoms with Gasteiger partial charge in [0.15, 0.2) is 0 Å². The fraction of sp³-hybridized carbons (Fsp3) is 0.600. The largest absolute Gasteiger partial charge is 0.490 e. The van der Waals surface area contributed by atoms with Crippen LogP contribution >= 0.6 is 0 Å². The minimum absolute atomic E-state index is 0.251. The summed E-state index contributed by atoms with van der Waals surface area (Å²) in [6.07, 6.45) is 4.52. The molecular formula is C15H22O3. The fourth-order valence-electron chi connectivity index (χ4n) is 2.44. The zero-order valence-electron chi connectivity index (χ0n) is 11.1. The summed E-state index contributed by atoms with van der Waals surface area (Å²) in [7, 11) is 1.77. The maximum absolute atomic E-state index is 9.45. The van der Waals surface area contributed by atoms with Gasteiger partial charge in [-0.05, 0) is 43.9 Å². The summed E-state index contributed by atoms with van der Waals surface area (Å²) < 4.78 is 11.4. The molecule has 0 radical (unpaired) electrons. The van der Waals surface area contributed by atoms with Gasteiger partial charge >= 0.3 is 0 Å². The van der Waals surface area contributed by atoms with Crippen molar-refractivity contribution in [2.45, 2.75) is 50.9 Å². The van der Waals surface area contributed by atoms with Gasteiger partial charge in [0, 0.05) is 13.5 Å². The standard InChI is InChI=1S/C15H22O3/c1-11(16)12-6-8-13(9-7-12)18-15-5-3-4-14(10-15)17-2/h6-9,11,14-16H,3-5,10H2,1-2H3. The Balaban J connectivity index is 1.92. The molecule has 0 spiro atoms. The van der Waals surface area contributed by atoms with Gasteiger partial charge in [0.05, 0.1) is 12.2 Å². The fourth-order valence-corrected chi connectivity index (χ4v) is 2.44. The van der Waals surface area contributed by atoms with E-state index in [0.29, 0.717) is 6.10 Å². The van der Waals surface area contributed by atoms with Crippen LogP contribution in [-0.2, 0) is 4.74 Å². The van der Waals surface area contributed by atoms with Crippen molar-refractivity contribution in [2.75, 3.05) is 7.11 Å². The Bertz CT molecular complexity index is 359. The van der Waals surface area contributed by atoms with Crippen LogP contribution < -0.4 is 4.74 Å². The monoisotopic (exact) mass is 250 g/mol. The predicted molar refractivity (Wildman–Crippen MR) is 70.8 cm³/mol. The topological polar surface area (TPSA) is 38.7 Å². The van der Waals surface area contributed by atoms with Gasteiger partial charge in [-0.15, -0.1) is 0 Å². The third-order valence-corrected chi connectivity index (χ3v) is 3.58. The molecular weight excluding hydrogens is 228 g/mol. The maximum atomic E-state index is 9.45. The van der Waals surface area contributed by atoms with Crippen LogP contribution in [0.4, 0.5) is 0 Å². The summed E-state index contributed by atoms with van der Waals surface area (Å²) >= 11 is 0. The molecule has 1 fully saturated rings. The molecule has 2 rings (SSSR count). The molecule has 0 heterocycles. The highest BCUT2D eigenvalue weighted by atomic mass is 16.5. The van der Waals surface area contributed by atoms with Crippen LogP contribution in [0.5, 0.6) is 5.75 Å². The Morgan fingerprint density at radius 1 is 1.17 bits per heavy atom. The van der Waals surface area contributed by atoms with Crippen molar-refractivity contribution < 1.29 is 14.6 Å². The van der Waals surface area contributed by atoms with Gasteiger partial charge in [-0.1, -0.05) is 12.1 Å². The van der Waals surface area contributed by atoms with E-state index < -0.39 is 6.10 Å². The molecule has 1 N–H and O–H groups in total. The highest BCUT2D eigenvalue weighted by Crippen LogP contribution is 2.26. The summed E-state index contributed by atoms with van der Waals surface area (Å²) in [5.41, 5.74) is 0.917. The smallest absolute Gasteiger partial charge is 0.119 e. The van der Waals surface area contributed by atoms with E-state index in [2.05, 4.69) is 0 Å². The molecule has 3 unspecified atom stereocenters. The van der Waals surface area contributed by atoms with Gasteiger partial charge in [0.25, 0.3) is 0 Å². The minimum atomic E-state index is -0.424. The zero-order chi connectivity index (χ0) is 13.0. The van der Waals surface area contributed by atoms with Crippen molar-refractivity contribution in [3.8, 4) is 5.75 Å². The third-order valence-electron chi connectivity index (χ3n) is 3.58. The Morgan fingerprint density at radius 2 is 1.83 bits per heavy atom. The van der Waals surface area contributed by atoms with Crippen molar-refractivity contribution in [1.82, 2.24) is 0 Å². The predicted octanol–water partition coefficient (Wildman–Crippen LogP) is 3.08.